The van der Waals surface area contributed by atoms with E-state index < -0.39 is 0 Å². The molecule has 0 saturated carbocycles. The largest absolute Gasteiger partial charge is 0.378 e. The zero-order valence-electron chi connectivity index (χ0n) is 11.8. The first-order chi connectivity index (χ1) is 8.79. The summed E-state index contributed by atoms with van der Waals surface area (Å²) in [6.45, 7) is 6.71. The van der Waals surface area contributed by atoms with E-state index in [4.69, 9.17) is 4.74 Å². The number of amides is 1. The van der Waals surface area contributed by atoms with Crippen molar-refractivity contribution >= 4 is 18.3 Å². The maximum atomic E-state index is 12.1. The van der Waals surface area contributed by atoms with Crippen molar-refractivity contribution in [2.24, 2.45) is 5.92 Å². The average molecular weight is 292 g/mol. The van der Waals surface area contributed by atoms with Crippen LogP contribution in [0.2, 0.25) is 0 Å². The SMILES string of the molecule is CNCC1CCN(CC(=O)N2CCOCC2)CC1.Cl. The fourth-order valence-corrected chi connectivity index (χ4v) is 2.74. The number of morpholine rings is 1. The maximum absolute atomic E-state index is 12.1. The van der Waals surface area contributed by atoms with E-state index in [0.29, 0.717) is 19.8 Å². The van der Waals surface area contributed by atoms with Crippen molar-refractivity contribution in [1.82, 2.24) is 15.1 Å². The number of likely N-dealkylation sites (tertiary alicyclic amines) is 1. The summed E-state index contributed by atoms with van der Waals surface area (Å²) in [5.74, 6) is 1.05. The molecule has 2 fully saturated rings. The maximum Gasteiger partial charge on any atom is 0.236 e. The van der Waals surface area contributed by atoms with E-state index in [1.54, 1.807) is 0 Å². The number of nitrogens with one attached hydrogen (secondary N) is 1. The molecule has 0 radical (unpaired) electrons. The lowest BCUT2D eigenvalue weighted by atomic mass is 9.97. The number of nitrogens with zero attached hydrogens (tertiary/aromatic N) is 2. The summed E-state index contributed by atoms with van der Waals surface area (Å²) < 4.78 is 5.27. The molecular weight excluding hydrogens is 266 g/mol. The van der Waals surface area contributed by atoms with Crippen LogP contribution < -0.4 is 5.32 Å². The van der Waals surface area contributed by atoms with Gasteiger partial charge >= 0.3 is 0 Å². The smallest absolute Gasteiger partial charge is 0.236 e. The number of carbonyl (C=O) groups is 1. The summed E-state index contributed by atoms with van der Waals surface area (Å²) in [6, 6.07) is 0. The van der Waals surface area contributed by atoms with Crippen LogP contribution in [-0.4, -0.2) is 75.2 Å². The minimum atomic E-state index is 0. The Morgan fingerprint density at radius 1 is 1.21 bits per heavy atom. The van der Waals surface area contributed by atoms with Crippen molar-refractivity contribution in [3.8, 4) is 0 Å². The van der Waals surface area contributed by atoms with Gasteiger partial charge in [-0.2, -0.15) is 0 Å². The van der Waals surface area contributed by atoms with E-state index in [9.17, 15) is 4.79 Å². The van der Waals surface area contributed by atoms with Crippen LogP contribution in [0.3, 0.4) is 0 Å². The van der Waals surface area contributed by atoms with E-state index in [0.717, 1.165) is 38.6 Å². The van der Waals surface area contributed by atoms with Gasteiger partial charge in [-0.25, -0.2) is 0 Å². The number of halogens is 1. The molecule has 19 heavy (non-hydrogen) atoms. The van der Waals surface area contributed by atoms with Gasteiger partial charge in [-0.15, -0.1) is 12.4 Å². The van der Waals surface area contributed by atoms with Crippen LogP contribution in [0.4, 0.5) is 0 Å². The first-order valence-corrected chi connectivity index (χ1v) is 7.02. The molecule has 0 aromatic rings. The third-order valence-corrected chi connectivity index (χ3v) is 3.92. The summed E-state index contributed by atoms with van der Waals surface area (Å²) in [4.78, 5) is 16.3. The average Bonchev–Trinajstić information content (AvgIpc) is 2.42. The summed E-state index contributed by atoms with van der Waals surface area (Å²) >= 11 is 0. The van der Waals surface area contributed by atoms with Gasteiger partial charge in [0.2, 0.25) is 5.91 Å². The van der Waals surface area contributed by atoms with E-state index in [1.807, 2.05) is 11.9 Å². The lowest BCUT2D eigenvalue weighted by Gasteiger charge is -2.34. The molecule has 0 aliphatic carbocycles. The Bertz CT molecular complexity index is 265. The predicted molar refractivity (Wildman–Crippen MR) is 77.7 cm³/mol. The van der Waals surface area contributed by atoms with Crippen molar-refractivity contribution in [2.45, 2.75) is 12.8 Å². The van der Waals surface area contributed by atoms with Crippen LogP contribution >= 0.6 is 12.4 Å². The fourth-order valence-electron chi connectivity index (χ4n) is 2.74. The number of hydrogen-bond donors (Lipinski definition) is 1. The molecule has 1 N–H and O–H groups in total. The Morgan fingerprint density at radius 3 is 2.42 bits per heavy atom. The van der Waals surface area contributed by atoms with Crippen LogP contribution in [0.15, 0.2) is 0 Å². The Kier molecular flexibility index (Phi) is 7.68. The summed E-state index contributed by atoms with van der Waals surface area (Å²) in [7, 11) is 2.01. The molecule has 6 heteroatoms. The van der Waals surface area contributed by atoms with Gasteiger partial charge in [0.1, 0.15) is 0 Å². The Hall–Kier alpha value is -0.360. The lowest BCUT2D eigenvalue weighted by Crippen LogP contribution is -2.47. The van der Waals surface area contributed by atoms with Crippen LogP contribution in [-0.2, 0) is 9.53 Å². The second-order valence-corrected chi connectivity index (χ2v) is 5.27. The molecule has 2 saturated heterocycles. The van der Waals surface area contributed by atoms with Crippen molar-refractivity contribution in [3.05, 3.63) is 0 Å². The van der Waals surface area contributed by atoms with Crippen molar-refractivity contribution in [3.63, 3.8) is 0 Å². The molecule has 5 nitrogen and oxygen atoms in total. The zero-order chi connectivity index (χ0) is 12.8. The molecular formula is C13H26ClN3O2. The van der Waals surface area contributed by atoms with E-state index in [-0.39, 0.29) is 18.3 Å². The molecule has 0 spiro atoms. The molecule has 1 amide bonds. The first kappa shape index (κ1) is 16.7. The summed E-state index contributed by atoms with van der Waals surface area (Å²) in [6.07, 6.45) is 2.41. The predicted octanol–water partition coefficient (Wildman–Crippen LogP) is 0.198. The van der Waals surface area contributed by atoms with Crippen molar-refractivity contribution in [2.75, 3.05) is 59.5 Å². The Balaban J connectivity index is 0.00000180. The van der Waals surface area contributed by atoms with Crippen LogP contribution in [0.25, 0.3) is 0 Å². The fraction of sp³-hybridized carbons (Fsp3) is 0.923. The highest BCUT2D eigenvalue weighted by Crippen LogP contribution is 2.16. The number of piperidine rings is 1. The molecule has 112 valence electrons. The van der Waals surface area contributed by atoms with Gasteiger partial charge < -0.3 is 15.0 Å². The molecule has 0 bridgehead atoms. The first-order valence-electron chi connectivity index (χ1n) is 7.02. The topological polar surface area (TPSA) is 44.8 Å². The lowest BCUT2D eigenvalue weighted by molar-refractivity contribution is -0.136. The van der Waals surface area contributed by atoms with Gasteiger partial charge in [-0.1, -0.05) is 0 Å². The summed E-state index contributed by atoms with van der Waals surface area (Å²) in [5.41, 5.74) is 0. The number of rotatable bonds is 4. The van der Waals surface area contributed by atoms with Gasteiger partial charge in [0.25, 0.3) is 0 Å². The minimum Gasteiger partial charge on any atom is -0.378 e. The zero-order valence-corrected chi connectivity index (χ0v) is 12.6. The second-order valence-electron chi connectivity index (χ2n) is 5.27. The molecule has 2 rings (SSSR count). The van der Waals surface area contributed by atoms with E-state index in [1.165, 1.54) is 12.8 Å². The van der Waals surface area contributed by atoms with Gasteiger partial charge in [0.05, 0.1) is 19.8 Å². The van der Waals surface area contributed by atoms with Crippen LogP contribution in [0, 0.1) is 5.92 Å². The molecule has 2 heterocycles. The molecule has 2 aliphatic heterocycles. The third kappa shape index (κ3) is 5.26. The van der Waals surface area contributed by atoms with Gasteiger partial charge in [0.15, 0.2) is 0 Å². The highest BCUT2D eigenvalue weighted by Gasteiger charge is 2.23. The van der Waals surface area contributed by atoms with Gasteiger partial charge in [-0.3, -0.25) is 9.69 Å². The van der Waals surface area contributed by atoms with Gasteiger partial charge in [-0.05, 0) is 45.4 Å². The monoisotopic (exact) mass is 291 g/mol. The minimum absolute atomic E-state index is 0. The highest BCUT2D eigenvalue weighted by atomic mass is 35.5. The normalized spacial score (nSPS) is 22.1. The molecule has 0 unspecified atom stereocenters. The quantitative estimate of drug-likeness (QED) is 0.804. The van der Waals surface area contributed by atoms with E-state index in [2.05, 4.69) is 10.2 Å². The molecule has 0 aromatic carbocycles. The third-order valence-electron chi connectivity index (χ3n) is 3.92. The second kappa shape index (κ2) is 8.74. The Labute approximate surface area is 122 Å². The number of hydrogen-bond acceptors (Lipinski definition) is 4. The molecule has 0 aromatic heterocycles. The molecule has 0 atom stereocenters. The summed E-state index contributed by atoms with van der Waals surface area (Å²) in [5, 5.41) is 3.24. The van der Waals surface area contributed by atoms with Gasteiger partial charge in [0, 0.05) is 13.1 Å². The standard InChI is InChI=1S/C13H25N3O2.ClH/c1-14-10-12-2-4-15(5-3-12)11-13(17)16-6-8-18-9-7-16;/h12,14H,2-11H2,1H3;1H. The number of carbonyl (C=O) groups excluding carboxylic acids is 1. The Morgan fingerprint density at radius 2 is 1.84 bits per heavy atom. The van der Waals surface area contributed by atoms with Crippen molar-refractivity contribution in [1.29, 1.82) is 0 Å². The molecule has 2 aliphatic rings. The van der Waals surface area contributed by atoms with Crippen molar-refractivity contribution < 1.29 is 9.53 Å². The van der Waals surface area contributed by atoms with Crippen LogP contribution in [0.5, 0.6) is 0 Å². The van der Waals surface area contributed by atoms with E-state index >= 15 is 0 Å². The number of ether oxygens (including phenoxy) is 1. The van der Waals surface area contributed by atoms with Crippen LogP contribution in [0.1, 0.15) is 12.8 Å². The highest BCUT2D eigenvalue weighted by molar-refractivity contribution is 5.85.